The van der Waals surface area contributed by atoms with Gasteiger partial charge in [-0.25, -0.2) is 0 Å². The van der Waals surface area contributed by atoms with E-state index in [-0.39, 0.29) is 6.42 Å². The fraction of sp³-hybridized carbons (Fsp3) is 0.833. The van der Waals surface area contributed by atoms with E-state index < -0.39 is 16.9 Å². The summed E-state index contributed by atoms with van der Waals surface area (Å²) in [4.78, 5) is 19.6. The van der Waals surface area contributed by atoms with E-state index >= 15 is 0 Å². The van der Waals surface area contributed by atoms with Crippen LogP contribution >= 0.6 is 0 Å². The molecule has 0 aromatic heterocycles. The molecule has 0 spiro atoms. The van der Waals surface area contributed by atoms with Crippen LogP contribution in [0, 0.1) is 10.1 Å². The molecule has 64 valence electrons. The summed E-state index contributed by atoms with van der Waals surface area (Å²) < 4.78 is 0. The van der Waals surface area contributed by atoms with E-state index in [2.05, 4.69) is 0 Å². The van der Waals surface area contributed by atoms with E-state index in [9.17, 15) is 14.9 Å². The molecule has 0 saturated heterocycles. The van der Waals surface area contributed by atoms with E-state index in [1.807, 2.05) is 0 Å². The molecule has 0 aromatic carbocycles. The smallest absolute Gasteiger partial charge is 0.303 e. The molecule has 5 nitrogen and oxygen atoms in total. The number of aliphatic carboxylic acids is 1. The number of carbonyl (C=O) groups is 1. The zero-order chi connectivity index (χ0) is 8.85. The highest BCUT2D eigenvalue weighted by Gasteiger charge is 2.12. The van der Waals surface area contributed by atoms with Gasteiger partial charge in [-0.05, 0) is 6.42 Å². The predicted molar refractivity (Wildman–Crippen MR) is 37.9 cm³/mol. The van der Waals surface area contributed by atoms with Crippen LogP contribution in [0.4, 0.5) is 0 Å². The summed E-state index contributed by atoms with van der Waals surface area (Å²) in [6, 6.07) is -0.630. The van der Waals surface area contributed by atoms with E-state index in [0.29, 0.717) is 12.8 Å². The molecule has 0 heterocycles. The van der Waals surface area contributed by atoms with Crippen molar-refractivity contribution in [3.8, 4) is 0 Å². The number of carboxylic acids is 1. The molecule has 1 atom stereocenters. The predicted octanol–water partition coefficient (Wildman–Crippen LogP) is 0.906. The molecule has 0 fully saturated rings. The van der Waals surface area contributed by atoms with Crippen LogP contribution in [-0.2, 0) is 4.79 Å². The first-order valence-electron chi connectivity index (χ1n) is 3.39. The van der Waals surface area contributed by atoms with Crippen LogP contribution in [-0.4, -0.2) is 22.0 Å². The first-order chi connectivity index (χ1) is 5.04. The van der Waals surface area contributed by atoms with E-state index in [0.717, 1.165) is 0 Å². The average molecular weight is 161 g/mol. The molecule has 0 aliphatic rings. The lowest BCUT2D eigenvalue weighted by Gasteiger charge is -2.00. The lowest BCUT2D eigenvalue weighted by Crippen LogP contribution is -2.14. The molecule has 5 heteroatoms. The minimum absolute atomic E-state index is 0.0121. The van der Waals surface area contributed by atoms with Gasteiger partial charge < -0.3 is 5.11 Å². The maximum atomic E-state index is 10.0. The number of nitrogens with zero attached hydrogens (tertiary/aromatic N) is 1. The molecule has 11 heavy (non-hydrogen) atoms. The number of carboxylic acid groups (broad SMARTS) is 1. The van der Waals surface area contributed by atoms with Crippen molar-refractivity contribution in [3.63, 3.8) is 0 Å². The molecule has 0 amide bonds. The normalized spacial score (nSPS) is 12.5. The number of hydrogen-bond acceptors (Lipinski definition) is 3. The largest absolute Gasteiger partial charge is 0.481 e. The zero-order valence-corrected chi connectivity index (χ0v) is 6.32. The third-order valence-electron chi connectivity index (χ3n) is 1.37. The van der Waals surface area contributed by atoms with Gasteiger partial charge in [-0.15, -0.1) is 0 Å². The Morgan fingerprint density at radius 2 is 2.27 bits per heavy atom. The Balaban J connectivity index is 3.39. The Morgan fingerprint density at radius 3 is 2.64 bits per heavy atom. The van der Waals surface area contributed by atoms with Crippen LogP contribution in [0.2, 0.25) is 0 Å². The topological polar surface area (TPSA) is 80.4 Å². The van der Waals surface area contributed by atoms with Crippen LogP contribution in [0.15, 0.2) is 0 Å². The average Bonchev–Trinajstić information content (AvgIpc) is 1.86. The molecule has 0 bridgehead atoms. The lowest BCUT2D eigenvalue weighted by molar-refractivity contribution is -0.518. The van der Waals surface area contributed by atoms with Gasteiger partial charge in [0.05, 0.1) is 0 Å². The first kappa shape index (κ1) is 9.87. The third-order valence-corrected chi connectivity index (χ3v) is 1.37. The summed E-state index contributed by atoms with van der Waals surface area (Å²) in [6.07, 6.45) is 0.717. The quantitative estimate of drug-likeness (QED) is 0.480. The Bertz CT molecular complexity index is 157. The summed E-state index contributed by atoms with van der Waals surface area (Å²) in [7, 11) is 0. The maximum Gasteiger partial charge on any atom is 0.303 e. The summed E-state index contributed by atoms with van der Waals surface area (Å²) in [5, 5.41) is 18.2. The van der Waals surface area contributed by atoms with Gasteiger partial charge in [0.15, 0.2) is 0 Å². The molecule has 0 saturated carbocycles. The van der Waals surface area contributed by atoms with Gasteiger partial charge in [0.2, 0.25) is 6.04 Å². The van der Waals surface area contributed by atoms with E-state index in [4.69, 9.17) is 5.11 Å². The minimum atomic E-state index is -0.902. The van der Waals surface area contributed by atoms with Crippen molar-refractivity contribution < 1.29 is 14.8 Å². The van der Waals surface area contributed by atoms with Crippen molar-refractivity contribution >= 4 is 5.97 Å². The highest BCUT2D eigenvalue weighted by atomic mass is 16.6. The fourth-order valence-electron chi connectivity index (χ4n) is 0.654. The second kappa shape index (κ2) is 4.65. The summed E-state index contributed by atoms with van der Waals surface area (Å²) in [5.41, 5.74) is 0. The van der Waals surface area contributed by atoms with Gasteiger partial charge in [0, 0.05) is 24.7 Å². The summed E-state index contributed by atoms with van der Waals surface area (Å²) >= 11 is 0. The van der Waals surface area contributed by atoms with Crippen molar-refractivity contribution in [2.45, 2.75) is 32.2 Å². The van der Waals surface area contributed by atoms with Gasteiger partial charge in [0.25, 0.3) is 0 Å². The number of rotatable bonds is 5. The van der Waals surface area contributed by atoms with Gasteiger partial charge in [0.1, 0.15) is 0 Å². The first-order valence-corrected chi connectivity index (χ1v) is 3.39. The Labute approximate surface area is 64.2 Å². The van der Waals surface area contributed by atoms with Crippen molar-refractivity contribution in [2.75, 3.05) is 0 Å². The highest BCUT2D eigenvalue weighted by molar-refractivity contribution is 5.66. The van der Waals surface area contributed by atoms with Gasteiger partial charge >= 0.3 is 5.97 Å². The van der Waals surface area contributed by atoms with Crippen LogP contribution in [0.25, 0.3) is 0 Å². The minimum Gasteiger partial charge on any atom is -0.481 e. The molecule has 0 aliphatic carbocycles. The molecule has 0 rings (SSSR count). The number of nitro groups is 1. The van der Waals surface area contributed by atoms with Crippen molar-refractivity contribution in [3.05, 3.63) is 10.1 Å². The lowest BCUT2D eigenvalue weighted by atomic mass is 10.1. The monoisotopic (exact) mass is 161 g/mol. The van der Waals surface area contributed by atoms with Crippen molar-refractivity contribution in [2.24, 2.45) is 0 Å². The van der Waals surface area contributed by atoms with Crippen LogP contribution in [0.1, 0.15) is 26.2 Å². The summed E-state index contributed by atoms with van der Waals surface area (Å²) in [6.45, 7) is 1.47. The Morgan fingerprint density at radius 1 is 1.73 bits per heavy atom. The SMILES string of the molecule is CC(CCCC(=O)O)[N+](=O)[O-]. The van der Waals surface area contributed by atoms with Crippen LogP contribution < -0.4 is 0 Å². The molecule has 0 aromatic rings. The van der Waals surface area contributed by atoms with Crippen LogP contribution in [0.5, 0.6) is 0 Å². The van der Waals surface area contributed by atoms with Gasteiger partial charge in [-0.3, -0.25) is 14.9 Å². The maximum absolute atomic E-state index is 10.0. The van der Waals surface area contributed by atoms with Crippen molar-refractivity contribution in [1.82, 2.24) is 0 Å². The molecule has 0 radical (unpaired) electrons. The van der Waals surface area contributed by atoms with E-state index in [1.54, 1.807) is 0 Å². The van der Waals surface area contributed by atoms with Gasteiger partial charge in [-0.2, -0.15) is 0 Å². The molecular formula is C6H11NO4. The molecule has 1 unspecified atom stereocenters. The Kier molecular flexibility index (Phi) is 4.17. The second-order valence-electron chi connectivity index (χ2n) is 2.42. The standard InChI is InChI=1S/C6H11NO4/c1-5(7(10)11)3-2-4-6(8)9/h5H,2-4H2,1H3,(H,8,9). The van der Waals surface area contributed by atoms with Crippen LogP contribution in [0.3, 0.4) is 0 Å². The van der Waals surface area contributed by atoms with Crippen molar-refractivity contribution in [1.29, 1.82) is 0 Å². The molecule has 1 N–H and O–H groups in total. The molecular weight excluding hydrogens is 150 g/mol. The van der Waals surface area contributed by atoms with E-state index in [1.165, 1.54) is 6.92 Å². The Hall–Kier alpha value is -1.13. The fourth-order valence-corrected chi connectivity index (χ4v) is 0.654. The highest BCUT2D eigenvalue weighted by Crippen LogP contribution is 2.02. The second-order valence-corrected chi connectivity index (χ2v) is 2.42. The number of hydrogen-bond donors (Lipinski definition) is 1. The molecule has 0 aliphatic heterocycles. The van der Waals surface area contributed by atoms with Gasteiger partial charge in [-0.1, -0.05) is 0 Å². The zero-order valence-electron chi connectivity index (χ0n) is 6.32. The summed E-state index contributed by atoms with van der Waals surface area (Å²) in [5.74, 6) is -0.902. The third kappa shape index (κ3) is 5.32.